The Balaban J connectivity index is 2.08. The zero-order valence-electron chi connectivity index (χ0n) is 9.30. The molecule has 0 aliphatic heterocycles. The minimum absolute atomic E-state index is 0.168. The van der Waals surface area contributed by atoms with Crippen molar-refractivity contribution in [2.24, 2.45) is 5.73 Å². The molecular formula is C10H14N4OS. The van der Waals surface area contributed by atoms with Gasteiger partial charge in [-0.2, -0.15) is 4.98 Å². The minimum atomic E-state index is -0.168. The average Bonchev–Trinajstić information content (AvgIpc) is 2.87. The molecule has 0 saturated heterocycles. The standard InChI is InChI=1S/C10H14N4OS/c1-3-8(11)10-13-9(14-15-10)4-7-5-16-6(2)12-7/h5,8H,3-4,11H2,1-2H3. The number of rotatable bonds is 4. The van der Waals surface area contributed by atoms with Crippen molar-refractivity contribution in [1.82, 2.24) is 15.1 Å². The van der Waals surface area contributed by atoms with Crippen LogP contribution in [0.3, 0.4) is 0 Å². The molecule has 0 saturated carbocycles. The van der Waals surface area contributed by atoms with Gasteiger partial charge in [0.2, 0.25) is 5.89 Å². The van der Waals surface area contributed by atoms with Crippen molar-refractivity contribution >= 4 is 11.3 Å². The summed E-state index contributed by atoms with van der Waals surface area (Å²) in [5.74, 6) is 1.15. The summed E-state index contributed by atoms with van der Waals surface area (Å²) in [4.78, 5) is 8.59. The predicted octanol–water partition coefficient (Wildman–Crippen LogP) is 1.84. The van der Waals surface area contributed by atoms with Crippen molar-refractivity contribution in [3.63, 3.8) is 0 Å². The SMILES string of the molecule is CCC(N)c1nc(Cc2csc(C)n2)no1. The molecule has 2 N–H and O–H groups in total. The second-order valence-corrected chi connectivity index (χ2v) is 4.66. The number of nitrogens with two attached hydrogens (primary N) is 1. The van der Waals surface area contributed by atoms with E-state index in [4.69, 9.17) is 10.3 Å². The van der Waals surface area contributed by atoms with Gasteiger partial charge >= 0.3 is 0 Å². The highest BCUT2D eigenvalue weighted by Crippen LogP contribution is 2.14. The first-order valence-corrected chi connectivity index (χ1v) is 6.06. The van der Waals surface area contributed by atoms with Crippen molar-refractivity contribution in [3.05, 3.63) is 27.8 Å². The fourth-order valence-electron chi connectivity index (χ4n) is 1.32. The Kier molecular flexibility index (Phi) is 3.31. The summed E-state index contributed by atoms with van der Waals surface area (Å²) < 4.78 is 5.09. The Labute approximate surface area is 97.7 Å². The summed E-state index contributed by atoms with van der Waals surface area (Å²) in [6, 6.07) is -0.168. The lowest BCUT2D eigenvalue weighted by Crippen LogP contribution is -2.08. The summed E-state index contributed by atoms with van der Waals surface area (Å²) in [7, 11) is 0. The van der Waals surface area contributed by atoms with E-state index >= 15 is 0 Å². The Morgan fingerprint density at radius 1 is 1.50 bits per heavy atom. The molecule has 86 valence electrons. The van der Waals surface area contributed by atoms with Crippen LogP contribution in [0.5, 0.6) is 0 Å². The molecular weight excluding hydrogens is 224 g/mol. The van der Waals surface area contributed by atoms with Gasteiger partial charge in [-0.3, -0.25) is 0 Å². The maximum atomic E-state index is 5.80. The van der Waals surface area contributed by atoms with Gasteiger partial charge in [0.1, 0.15) is 0 Å². The van der Waals surface area contributed by atoms with Gasteiger partial charge in [0.05, 0.1) is 23.2 Å². The molecule has 1 unspecified atom stereocenters. The molecule has 0 aliphatic carbocycles. The predicted molar refractivity (Wildman–Crippen MR) is 61.2 cm³/mol. The fraction of sp³-hybridized carbons (Fsp3) is 0.500. The van der Waals surface area contributed by atoms with Gasteiger partial charge in [0, 0.05) is 5.38 Å². The molecule has 0 aromatic carbocycles. The van der Waals surface area contributed by atoms with Crippen molar-refractivity contribution < 1.29 is 4.52 Å². The quantitative estimate of drug-likeness (QED) is 0.879. The smallest absolute Gasteiger partial charge is 0.243 e. The maximum Gasteiger partial charge on any atom is 0.243 e. The van der Waals surface area contributed by atoms with E-state index in [1.807, 2.05) is 19.2 Å². The molecule has 6 heteroatoms. The third-order valence-electron chi connectivity index (χ3n) is 2.25. The third-order valence-corrected chi connectivity index (χ3v) is 3.07. The number of thiazole rings is 1. The van der Waals surface area contributed by atoms with Gasteiger partial charge in [-0.05, 0) is 13.3 Å². The molecule has 0 aliphatic rings. The highest BCUT2D eigenvalue weighted by atomic mass is 32.1. The third kappa shape index (κ3) is 2.45. The van der Waals surface area contributed by atoms with Crippen LogP contribution >= 0.6 is 11.3 Å². The van der Waals surface area contributed by atoms with E-state index in [1.54, 1.807) is 11.3 Å². The van der Waals surface area contributed by atoms with Gasteiger partial charge in [-0.25, -0.2) is 4.98 Å². The lowest BCUT2D eigenvalue weighted by atomic mass is 10.2. The van der Waals surface area contributed by atoms with E-state index in [2.05, 4.69) is 15.1 Å². The zero-order valence-corrected chi connectivity index (χ0v) is 10.1. The molecule has 0 amide bonds. The van der Waals surface area contributed by atoms with E-state index in [0.29, 0.717) is 18.1 Å². The Morgan fingerprint density at radius 2 is 2.31 bits per heavy atom. The number of hydrogen-bond donors (Lipinski definition) is 1. The first kappa shape index (κ1) is 11.2. The summed E-state index contributed by atoms with van der Waals surface area (Å²) >= 11 is 1.62. The van der Waals surface area contributed by atoms with Crippen molar-refractivity contribution in [3.8, 4) is 0 Å². The van der Waals surface area contributed by atoms with Gasteiger partial charge < -0.3 is 10.3 Å². The number of aromatic nitrogens is 3. The first-order valence-electron chi connectivity index (χ1n) is 5.18. The molecule has 16 heavy (non-hydrogen) atoms. The highest BCUT2D eigenvalue weighted by Gasteiger charge is 2.13. The van der Waals surface area contributed by atoms with Crippen LogP contribution in [-0.2, 0) is 6.42 Å². The van der Waals surface area contributed by atoms with Gasteiger partial charge in [-0.1, -0.05) is 12.1 Å². The van der Waals surface area contributed by atoms with Crippen LogP contribution in [-0.4, -0.2) is 15.1 Å². The summed E-state index contributed by atoms with van der Waals surface area (Å²) in [6.07, 6.45) is 1.39. The highest BCUT2D eigenvalue weighted by molar-refractivity contribution is 7.09. The van der Waals surface area contributed by atoms with Crippen LogP contribution in [0.1, 0.15) is 41.8 Å². The molecule has 2 aromatic heterocycles. The van der Waals surface area contributed by atoms with E-state index in [-0.39, 0.29) is 6.04 Å². The molecule has 0 radical (unpaired) electrons. The second kappa shape index (κ2) is 4.71. The number of hydrogen-bond acceptors (Lipinski definition) is 6. The van der Waals surface area contributed by atoms with Crippen LogP contribution < -0.4 is 5.73 Å². The molecule has 1 atom stereocenters. The summed E-state index contributed by atoms with van der Waals surface area (Å²) in [6.45, 7) is 3.96. The largest absolute Gasteiger partial charge is 0.338 e. The summed E-state index contributed by atoms with van der Waals surface area (Å²) in [5.41, 5.74) is 6.77. The summed E-state index contributed by atoms with van der Waals surface area (Å²) in [5, 5.41) is 6.94. The molecule has 2 heterocycles. The lowest BCUT2D eigenvalue weighted by molar-refractivity contribution is 0.348. The molecule has 5 nitrogen and oxygen atoms in total. The maximum absolute atomic E-state index is 5.80. The van der Waals surface area contributed by atoms with Crippen molar-refractivity contribution in [2.45, 2.75) is 32.7 Å². The van der Waals surface area contributed by atoms with Crippen LogP contribution in [0.2, 0.25) is 0 Å². The van der Waals surface area contributed by atoms with Crippen molar-refractivity contribution in [1.29, 1.82) is 0 Å². The van der Waals surface area contributed by atoms with Gasteiger partial charge in [-0.15, -0.1) is 11.3 Å². The topological polar surface area (TPSA) is 77.8 Å². The van der Waals surface area contributed by atoms with Crippen LogP contribution in [0.15, 0.2) is 9.90 Å². The molecule has 0 bridgehead atoms. The molecule has 0 fully saturated rings. The average molecular weight is 238 g/mol. The van der Waals surface area contributed by atoms with E-state index in [1.165, 1.54) is 0 Å². The fourth-order valence-corrected chi connectivity index (χ4v) is 1.93. The monoisotopic (exact) mass is 238 g/mol. The second-order valence-electron chi connectivity index (χ2n) is 3.60. The zero-order chi connectivity index (χ0) is 11.5. The van der Waals surface area contributed by atoms with Crippen LogP contribution in [0, 0.1) is 6.92 Å². The minimum Gasteiger partial charge on any atom is -0.338 e. The Hall–Kier alpha value is -1.27. The van der Waals surface area contributed by atoms with E-state index in [9.17, 15) is 0 Å². The van der Waals surface area contributed by atoms with Crippen LogP contribution in [0.4, 0.5) is 0 Å². The van der Waals surface area contributed by atoms with E-state index in [0.717, 1.165) is 17.1 Å². The van der Waals surface area contributed by atoms with Crippen LogP contribution in [0.25, 0.3) is 0 Å². The van der Waals surface area contributed by atoms with Gasteiger partial charge in [0.25, 0.3) is 0 Å². The van der Waals surface area contributed by atoms with Crippen molar-refractivity contribution in [2.75, 3.05) is 0 Å². The number of nitrogens with zero attached hydrogens (tertiary/aromatic N) is 3. The lowest BCUT2D eigenvalue weighted by Gasteiger charge is -1.98. The first-order chi connectivity index (χ1) is 7.69. The number of aryl methyl sites for hydroxylation is 1. The van der Waals surface area contributed by atoms with Gasteiger partial charge in [0.15, 0.2) is 5.82 Å². The molecule has 2 rings (SSSR count). The Bertz CT molecular complexity index is 465. The Morgan fingerprint density at radius 3 is 2.94 bits per heavy atom. The molecule has 2 aromatic rings. The molecule has 0 spiro atoms. The van der Waals surface area contributed by atoms with E-state index < -0.39 is 0 Å². The normalized spacial score (nSPS) is 12.9.